The molecule has 2 aromatic rings. The van der Waals surface area contributed by atoms with Gasteiger partial charge in [-0.3, -0.25) is 9.69 Å². The summed E-state index contributed by atoms with van der Waals surface area (Å²) in [5.74, 6) is 0.00460. The quantitative estimate of drug-likeness (QED) is 0.664. The molecule has 5 rings (SSSR count). The van der Waals surface area contributed by atoms with Crippen molar-refractivity contribution in [1.82, 2.24) is 20.0 Å². The number of nitrogens with zero attached hydrogens (tertiary/aromatic N) is 3. The summed E-state index contributed by atoms with van der Waals surface area (Å²) < 4.78 is 0. The zero-order valence-electron chi connectivity index (χ0n) is 20.5. The summed E-state index contributed by atoms with van der Waals surface area (Å²) >= 11 is 0. The third-order valence-corrected chi connectivity index (χ3v) is 7.45. The van der Waals surface area contributed by atoms with Crippen LogP contribution in [0.1, 0.15) is 49.8 Å². The molecule has 1 saturated carbocycles. The Bertz CT molecular complexity index is 1190. The zero-order chi connectivity index (χ0) is 24.9. The highest BCUT2D eigenvalue weighted by molar-refractivity contribution is 6.05. The number of urea groups is 2. The number of carbonyl (C=O) groups excluding carboxylic acids is 3. The lowest BCUT2D eigenvalue weighted by Crippen LogP contribution is -2.58. The van der Waals surface area contributed by atoms with Crippen molar-refractivity contribution < 1.29 is 14.4 Å². The topological polar surface area (TPSA) is 73.0 Å². The SMILES string of the molecule is C=C(C)c1cccc(C(C)(C)NC(=O)N2CCN3C(=O)N(C4CC4c4ccccc4)C(=O)C3C2)c1. The predicted octanol–water partition coefficient (Wildman–Crippen LogP) is 4.17. The number of rotatable bonds is 5. The van der Waals surface area contributed by atoms with Gasteiger partial charge in [-0.15, -0.1) is 0 Å². The number of piperazine rings is 1. The Balaban J connectivity index is 1.25. The second kappa shape index (κ2) is 8.56. The van der Waals surface area contributed by atoms with E-state index in [1.807, 2.05) is 75.4 Å². The molecule has 3 atom stereocenters. The number of amides is 5. The highest BCUT2D eigenvalue weighted by atomic mass is 16.2. The highest BCUT2D eigenvalue weighted by Gasteiger charge is 2.56. The minimum atomic E-state index is -0.617. The molecular weight excluding hydrogens is 440 g/mol. The Morgan fingerprint density at radius 2 is 1.80 bits per heavy atom. The van der Waals surface area contributed by atoms with Gasteiger partial charge in [0.25, 0.3) is 5.91 Å². The van der Waals surface area contributed by atoms with E-state index in [9.17, 15) is 14.4 Å². The lowest BCUT2D eigenvalue weighted by molar-refractivity contribution is -0.129. The van der Waals surface area contributed by atoms with Crippen LogP contribution in [-0.4, -0.2) is 64.4 Å². The van der Waals surface area contributed by atoms with E-state index in [1.165, 1.54) is 4.90 Å². The number of carbonyl (C=O) groups is 3. The molecule has 3 fully saturated rings. The van der Waals surface area contributed by atoms with E-state index in [4.69, 9.17) is 0 Å². The van der Waals surface area contributed by atoms with E-state index in [0.717, 1.165) is 28.7 Å². The van der Waals surface area contributed by atoms with Crippen LogP contribution < -0.4 is 5.32 Å². The second-order valence-electron chi connectivity index (χ2n) is 10.4. The molecule has 3 aliphatic rings. The Morgan fingerprint density at radius 3 is 2.51 bits per heavy atom. The maximum Gasteiger partial charge on any atom is 0.327 e. The fraction of sp³-hybridized carbons (Fsp3) is 0.393. The largest absolute Gasteiger partial charge is 0.329 e. The molecule has 2 saturated heterocycles. The van der Waals surface area contributed by atoms with Crippen molar-refractivity contribution in [2.45, 2.75) is 50.7 Å². The smallest absolute Gasteiger partial charge is 0.327 e. The number of benzene rings is 2. The lowest BCUT2D eigenvalue weighted by Gasteiger charge is -2.37. The number of hydrogen-bond acceptors (Lipinski definition) is 3. The van der Waals surface area contributed by atoms with Gasteiger partial charge in [0.15, 0.2) is 0 Å². The van der Waals surface area contributed by atoms with Gasteiger partial charge in [-0.1, -0.05) is 60.7 Å². The number of nitrogens with one attached hydrogen (secondary N) is 1. The van der Waals surface area contributed by atoms with Gasteiger partial charge in [0.1, 0.15) is 6.04 Å². The van der Waals surface area contributed by atoms with Gasteiger partial charge in [0, 0.05) is 25.0 Å². The average molecular weight is 473 g/mol. The Morgan fingerprint density at radius 1 is 1.06 bits per heavy atom. The minimum absolute atomic E-state index is 0.0928. The molecule has 3 unspecified atom stereocenters. The molecular formula is C28H32N4O3. The summed E-state index contributed by atoms with van der Waals surface area (Å²) in [6, 6.07) is 16.8. The molecule has 2 aromatic carbocycles. The number of allylic oxidation sites excluding steroid dienone is 1. The van der Waals surface area contributed by atoms with Crippen molar-refractivity contribution in [1.29, 1.82) is 0 Å². The molecule has 1 N–H and O–H groups in total. The third kappa shape index (κ3) is 4.20. The first-order valence-electron chi connectivity index (χ1n) is 12.2. The molecule has 7 heteroatoms. The average Bonchev–Trinajstić information content (AvgIpc) is 3.59. The summed E-state index contributed by atoms with van der Waals surface area (Å²) in [6.45, 7) is 10.8. The van der Waals surface area contributed by atoms with Crippen LogP contribution in [0.3, 0.4) is 0 Å². The standard InChI is InChI=1S/C28H32N4O3/c1-18(2)20-11-8-12-21(15-20)28(3,4)29-26(34)30-13-14-31-24(17-30)25(33)32(27(31)35)23-16-22(23)19-9-6-5-7-10-19/h5-12,15,22-24H,1,13-14,16-17H2,2-4H3,(H,29,34). The second-order valence-corrected chi connectivity index (χ2v) is 10.4. The Kier molecular flexibility index (Phi) is 5.66. The summed E-state index contributed by atoms with van der Waals surface area (Å²) in [7, 11) is 0. The molecule has 7 nitrogen and oxygen atoms in total. The van der Waals surface area contributed by atoms with E-state index < -0.39 is 11.6 Å². The molecule has 0 spiro atoms. The van der Waals surface area contributed by atoms with Crippen LogP contribution in [-0.2, 0) is 10.3 Å². The van der Waals surface area contributed by atoms with E-state index in [2.05, 4.69) is 11.9 Å². The molecule has 182 valence electrons. The number of imide groups is 1. The van der Waals surface area contributed by atoms with Crippen molar-refractivity contribution in [3.05, 3.63) is 77.9 Å². The summed E-state index contributed by atoms with van der Waals surface area (Å²) in [6.07, 6.45) is 0.795. The maximum absolute atomic E-state index is 13.3. The molecule has 5 amide bonds. The van der Waals surface area contributed by atoms with Gasteiger partial charge < -0.3 is 15.1 Å². The monoisotopic (exact) mass is 472 g/mol. The van der Waals surface area contributed by atoms with Crippen LogP contribution in [0.25, 0.3) is 5.57 Å². The molecule has 2 aliphatic heterocycles. The van der Waals surface area contributed by atoms with Gasteiger partial charge in [-0.2, -0.15) is 0 Å². The van der Waals surface area contributed by atoms with Crippen LogP contribution in [0.2, 0.25) is 0 Å². The molecule has 2 heterocycles. The fourth-order valence-corrected chi connectivity index (χ4v) is 5.22. The Hall–Kier alpha value is -3.61. The van der Waals surface area contributed by atoms with E-state index in [0.29, 0.717) is 13.1 Å². The number of fused-ring (bicyclic) bond motifs is 1. The summed E-state index contributed by atoms with van der Waals surface area (Å²) in [4.78, 5) is 44.3. The highest BCUT2D eigenvalue weighted by Crippen LogP contribution is 2.46. The zero-order valence-corrected chi connectivity index (χ0v) is 20.5. The van der Waals surface area contributed by atoms with E-state index >= 15 is 0 Å². The van der Waals surface area contributed by atoms with Gasteiger partial charge in [0.05, 0.1) is 12.1 Å². The molecule has 1 aliphatic carbocycles. The van der Waals surface area contributed by atoms with Crippen molar-refractivity contribution in [3.8, 4) is 0 Å². The maximum atomic E-state index is 13.3. The van der Waals surface area contributed by atoms with Crippen molar-refractivity contribution in [2.75, 3.05) is 19.6 Å². The van der Waals surface area contributed by atoms with Gasteiger partial charge in [-0.05, 0) is 49.9 Å². The summed E-state index contributed by atoms with van der Waals surface area (Å²) in [5, 5.41) is 3.12. The molecule has 0 aromatic heterocycles. The summed E-state index contributed by atoms with van der Waals surface area (Å²) in [5.41, 5.74) is 3.51. The normalized spacial score (nSPS) is 23.9. The van der Waals surface area contributed by atoms with Gasteiger partial charge in [-0.25, -0.2) is 9.59 Å². The first-order chi connectivity index (χ1) is 16.7. The van der Waals surface area contributed by atoms with E-state index in [1.54, 1.807) is 9.80 Å². The first-order valence-corrected chi connectivity index (χ1v) is 12.2. The van der Waals surface area contributed by atoms with Crippen LogP contribution in [0.4, 0.5) is 9.59 Å². The van der Waals surface area contributed by atoms with Crippen molar-refractivity contribution >= 4 is 23.5 Å². The lowest BCUT2D eigenvalue weighted by atomic mass is 9.92. The predicted molar refractivity (Wildman–Crippen MR) is 135 cm³/mol. The Labute approximate surface area is 206 Å². The third-order valence-electron chi connectivity index (χ3n) is 7.45. The van der Waals surface area contributed by atoms with Crippen molar-refractivity contribution in [2.24, 2.45) is 0 Å². The molecule has 0 radical (unpaired) electrons. The van der Waals surface area contributed by atoms with Crippen LogP contribution in [0, 0.1) is 0 Å². The van der Waals surface area contributed by atoms with Crippen LogP contribution >= 0.6 is 0 Å². The van der Waals surface area contributed by atoms with Crippen molar-refractivity contribution in [3.63, 3.8) is 0 Å². The number of hydrogen-bond donors (Lipinski definition) is 1. The van der Waals surface area contributed by atoms with Crippen LogP contribution in [0.5, 0.6) is 0 Å². The first kappa shape index (κ1) is 23.1. The fourth-order valence-electron chi connectivity index (χ4n) is 5.22. The van der Waals surface area contributed by atoms with Crippen LogP contribution in [0.15, 0.2) is 61.2 Å². The van der Waals surface area contributed by atoms with Gasteiger partial charge >= 0.3 is 12.1 Å². The molecule has 0 bridgehead atoms. The van der Waals surface area contributed by atoms with E-state index in [-0.39, 0.29) is 36.5 Å². The van der Waals surface area contributed by atoms with Gasteiger partial charge in [0.2, 0.25) is 0 Å². The minimum Gasteiger partial charge on any atom is -0.329 e. The molecule has 35 heavy (non-hydrogen) atoms.